The molecule has 1 saturated carbocycles. The van der Waals surface area contributed by atoms with Gasteiger partial charge >= 0.3 is 5.97 Å². The Morgan fingerprint density at radius 3 is 2.50 bits per heavy atom. The molecule has 2 N–H and O–H groups in total. The summed E-state index contributed by atoms with van der Waals surface area (Å²) >= 11 is 0. The summed E-state index contributed by atoms with van der Waals surface area (Å²) in [7, 11) is 0. The van der Waals surface area contributed by atoms with Crippen LogP contribution in [0.15, 0.2) is 0 Å². The van der Waals surface area contributed by atoms with Crippen LogP contribution in [0, 0.1) is 11.3 Å². The maximum absolute atomic E-state index is 11.3. The van der Waals surface area contributed by atoms with E-state index in [0.29, 0.717) is 5.92 Å². The molecule has 3 nitrogen and oxygen atoms in total. The monoisotopic (exact) mass is 228 g/mol. The van der Waals surface area contributed by atoms with Crippen molar-refractivity contribution in [2.24, 2.45) is 11.3 Å². The van der Waals surface area contributed by atoms with Gasteiger partial charge < -0.3 is 10.2 Å². The Labute approximate surface area is 97.9 Å². The lowest BCUT2D eigenvalue weighted by atomic mass is 9.80. The number of aliphatic carboxylic acids is 1. The van der Waals surface area contributed by atoms with Crippen molar-refractivity contribution in [1.82, 2.24) is 0 Å². The number of unbranched alkanes of at least 4 members (excludes halogenated alkanes) is 3. The number of carboxylic acids is 1. The molecule has 0 aliphatic heterocycles. The van der Waals surface area contributed by atoms with Gasteiger partial charge in [-0.1, -0.05) is 26.2 Å². The minimum absolute atomic E-state index is 0.251. The summed E-state index contributed by atoms with van der Waals surface area (Å²) in [5, 5.41) is 18.0. The van der Waals surface area contributed by atoms with Crippen LogP contribution < -0.4 is 0 Å². The van der Waals surface area contributed by atoms with Crippen LogP contribution in [0.2, 0.25) is 0 Å². The molecule has 0 aromatic carbocycles. The molecule has 1 rings (SSSR count). The third-order valence-electron chi connectivity index (χ3n) is 3.87. The maximum Gasteiger partial charge on any atom is 0.309 e. The van der Waals surface area contributed by atoms with Crippen LogP contribution in [0.5, 0.6) is 0 Å². The number of aliphatic hydroxyl groups is 1. The van der Waals surface area contributed by atoms with Crippen LogP contribution >= 0.6 is 0 Å². The molecule has 0 aromatic heterocycles. The number of rotatable bonds is 7. The molecule has 2 unspecified atom stereocenters. The average Bonchev–Trinajstić information content (AvgIpc) is 2.61. The zero-order valence-corrected chi connectivity index (χ0v) is 10.2. The summed E-state index contributed by atoms with van der Waals surface area (Å²) in [5.74, 6) is -0.0347. The van der Waals surface area contributed by atoms with Crippen molar-refractivity contribution in [2.75, 3.05) is 6.61 Å². The molecule has 1 fully saturated rings. The van der Waals surface area contributed by atoms with Gasteiger partial charge in [0, 0.05) is 6.61 Å². The predicted molar refractivity (Wildman–Crippen MR) is 63.3 cm³/mol. The summed E-state index contributed by atoms with van der Waals surface area (Å²) < 4.78 is 0. The number of carbonyl (C=O) groups is 1. The largest absolute Gasteiger partial charge is 0.481 e. The molecule has 1 aliphatic carbocycles. The predicted octanol–water partition coefficient (Wildman–Crippen LogP) is 2.82. The van der Waals surface area contributed by atoms with E-state index in [0.717, 1.165) is 51.4 Å². The van der Waals surface area contributed by atoms with Gasteiger partial charge in [0.05, 0.1) is 5.41 Å². The maximum atomic E-state index is 11.3. The van der Waals surface area contributed by atoms with E-state index in [9.17, 15) is 9.90 Å². The molecule has 0 radical (unpaired) electrons. The van der Waals surface area contributed by atoms with Gasteiger partial charge in [-0.3, -0.25) is 4.79 Å². The zero-order chi connectivity index (χ0) is 12.0. The Hall–Kier alpha value is -0.570. The van der Waals surface area contributed by atoms with Crippen LogP contribution in [0.3, 0.4) is 0 Å². The van der Waals surface area contributed by atoms with Crippen LogP contribution in [0.1, 0.15) is 58.3 Å². The van der Waals surface area contributed by atoms with Crippen molar-refractivity contribution in [3.8, 4) is 0 Å². The van der Waals surface area contributed by atoms with Gasteiger partial charge in [-0.15, -0.1) is 0 Å². The molecule has 0 saturated heterocycles. The topological polar surface area (TPSA) is 57.5 Å². The fourth-order valence-electron chi connectivity index (χ4n) is 2.85. The second-order valence-electron chi connectivity index (χ2n) is 5.32. The molecule has 1 aliphatic rings. The minimum Gasteiger partial charge on any atom is -0.481 e. The first-order valence-corrected chi connectivity index (χ1v) is 6.45. The van der Waals surface area contributed by atoms with E-state index in [-0.39, 0.29) is 6.61 Å². The van der Waals surface area contributed by atoms with Crippen molar-refractivity contribution in [3.05, 3.63) is 0 Å². The highest BCUT2D eigenvalue weighted by atomic mass is 16.4. The van der Waals surface area contributed by atoms with Gasteiger partial charge in [0.25, 0.3) is 0 Å². The second kappa shape index (κ2) is 6.24. The van der Waals surface area contributed by atoms with Gasteiger partial charge in [-0.2, -0.15) is 0 Å². The molecule has 0 bridgehead atoms. The normalized spacial score (nSPS) is 29.5. The Balaban J connectivity index is 2.32. The van der Waals surface area contributed by atoms with E-state index >= 15 is 0 Å². The summed E-state index contributed by atoms with van der Waals surface area (Å²) in [4.78, 5) is 11.3. The molecule has 16 heavy (non-hydrogen) atoms. The summed E-state index contributed by atoms with van der Waals surface area (Å²) in [5.41, 5.74) is -0.432. The van der Waals surface area contributed by atoms with Crippen LogP contribution in [0.25, 0.3) is 0 Å². The van der Waals surface area contributed by atoms with Gasteiger partial charge in [0.15, 0.2) is 0 Å². The number of aliphatic hydroxyl groups excluding tert-OH is 1. The fourth-order valence-corrected chi connectivity index (χ4v) is 2.85. The third-order valence-corrected chi connectivity index (χ3v) is 3.87. The van der Waals surface area contributed by atoms with Crippen LogP contribution in [-0.4, -0.2) is 22.8 Å². The lowest BCUT2D eigenvalue weighted by Gasteiger charge is -2.24. The lowest BCUT2D eigenvalue weighted by molar-refractivity contribution is -0.149. The van der Waals surface area contributed by atoms with E-state index in [1.54, 1.807) is 0 Å². The molecular weight excluding hydrogens is 204 g/mol. The Morgan fingerprint density at radius 1 is 1.31 bits per heavy atom. The highest BCUT2D eigenvalue weighted by Crippen LogP contribution is 2.45. The summed E-state index contributed by atoms with van der Waals surface area (Å²) in [6.07, 6.45) is 7.47. The smallest absolute Gasteiger partial charge is 0.309 e. The minimum atomic E-state index is -0.598. The lowest BCUT2D eigenvalue weighted by Crippen LogP contribution is -2.28. The van der Waals surface area contributed by atoms with Gasteiger partial charge in [0.1, 0.15) is 0 Å². The standard InChI is InChI=1S/C13H24O3/c1-11-6-8-13(10-11,12(15)16)7-4-2-3-5-9-14/h11,14H,2-10H2,1H3,(H,15,16). The van der Waals surface area contributed by atoms with E-state index in [1.807, 2.05) is 0 Å². The highest BCUT2D eigenvalue weighted by Gasteiger charge is 2.43. The van der Waals surface area contributed by atoms with Crippen molar-refractivity contribution < 1.29 is 15.0 Å². The Kier molecular flexibility index (Phi) is 5.26. The van der Waals surface area contributed by atoms with Gasteiger partial charge in [-0.25, -0.2) is 0 Å². The van der Waals surface area contributed by atoms with Gasteiger partial charge in [0.2, 0.25) is 0 Å². The van der Waals surface area contributed by atoms with E-state index in [1.165, 1.54) is 0 Å². The van der Waals surface area contributed by atoms with Crippen molar-refractivity contribution in [1.29, 1.82) is 0 Å². The van der Waals surface area contributed by atoms with Crippen molar-refractivity contribution >= 4 is 5.97 Å². The Bertz CT molecular complexity index is 227. The van der Waals surface area contributed by atoms with Gasteiger partial charge in [-0.05, 0) is 38.0 Å². The average molecular weight is 228 g/mol. The summed E-state index contributed by atoms with van der Waals surface area (Å²) in [6.45, 7) is 2.40. The molecule has 94 valence electrons. The van der Waals surface area contributed by atoms with E-state index in [4.69, 9.17) is 5.11 Å². The van der Waals surface area contributed by atoms with Crippen molar-refractivity contribution in [2.45, 2.75) is 58.3 Å². The summed E-state index contributed by atoms with van der Waals surface area (Å²) in [6, 6.07) is 0. The molecule has 0 spiro atoms. The van der Waals surface area contributed by atoms with E-state index in [2.05, 4.69) is 6.92 Å². The quantitative estimate of drug-likeness (QED) is 0.659. The molecule has 0 amide bonds. The van der Waals surface area contributed by atoms with Crippen molar-refractivity contribution in [3.63, 3.8) is 0 Å². The Morgan fingerprint density at radius 2 is 2.00 bits per heavy atom. The van der Waals surface area contributed by atoms with Crippen LogP contribution in [-0.2, 0) is 4.79 Å². The first-order chi connectivity index (χ1) is 7.60. The molecular formula is C13H24O3. The third kappa shape index (κ3) is 3.48. The number of carboxylic acid groups (broad SMARTS) is 1. The second-order valence-corrected chi connectivity index (χ2v) is 5.32. The zero-order valence-electron chi connectivity index (χ0n) is 10.2. The number of hydrogen-bond donors (Lipinski definition) is 2. The fraction of sp³-hybridized carbons (Fsp3) is 0.923. The highest BCUT2D eigenvalue weighted by molar-refractivity contribution is 5.75. The first kappa shape index (κ1) is 13.5. The van der Waals surface area contributed by atoms with E-state index < -0.39 is 11.4 Å². The first-order valence-electron chi connectivity index (χ1n) is 6.45. The number of hydrogen-bond acceptors (Lipinski definition) is 2. The molecule has 2 atom stereocenters. The van der Waals surface area contributed by atoms with Crippen LogP contribution in [0.4, 0.5) is 0 Å². The SMILES string of the molecule is CC1CCC(CCCCCCO)(C(=O)O)C1. The molecule has 0 heterocycles. The molecule has 0 aromatic rings. The molecule has 3 heteroatoms.